The lowest BCUT2D eigenvalue weighted by Gasteiger charge is -2.11. The highest BCUT2D eigenvalue weighted by molar-refractivity contribution is 9.10. The lowest BCUT2D eigenvalue weighted by molar-refractivity contribution is 0.565. The van der Waals surface area contributed by atoms with E-state index in [1.54, 1.807) is 6.20 Å². The summed E-state index contributed by atoms with van der Waals surface area (Å²) in [6, 6.07) is 0.0324. The van der Waals surface area contributed by atoms with Crippen LogP contribution in [0.3, 0.4) is 0 Å². The van der Waals surface area contributed by atoms with Crippen LogP contribution in [0, 0.1) is 0 Å². The second kappa shape index (κ2) is 6.00. The molecule has 90 valence electrons. The van der Waals surface area contributed by atoms with Crippen LogP contribution in [-0.4, -0.2) is 22.4 Å². The van der Waals surface area contributed by atoms with Crippen molar-refractivity contribution < 1.29 is 0 Å². The summed E-state index contributed by atoms with van der Waals surface area (Å²) in [6.07, 6.45) is 2.52. The van der Waals surface area contributed by atoms with Gasteiger partial charge in [-0.15, -0.1) is 0 Å². The molecule has 0 saturated carbocycles. The Morgan fingerprint density at radius 2 is 2.38 bits per heavy atom. The lowest BCUT2D eigenvalue weighted by atomic mass is 10.3. The summed E-state index contributed by atoms with van der Waals surface area (Å²) >= 11 is 3.27. The van der Waals surface area contributed by atoms with Crippen molar-refractivity contribution in [3.63, 3.8) is 0 Å². The second-order valence-corrected chi connectivity index (χ2v) is 4.55. The van der Waals surface area contributed by atoms with Crippen LogP contribution in [0.15, 0.2) is 15.5 Å². The highest BCUT2D eigenvalue weighted by Gasteiger charge is 2.08. The number of aryl methyl sites for hydroxylation is 1. The van der Waals surface area contributed by atoms with Gasteiger partial charge in [0.1, 0.15) is 4.47 Å². The number of aromatic nitrogens is 2. The maximum atomic E-state index is 11.8. The quantitative estimate of drug-likeness (QED) is 0.853. The molecule has 0 fully saturated rings. The van der Waals surface area contributed by atoms with E-state index in [1.165, 1.54) is 4.68 Å². The summed E-state index contributed by atoms with van der Waals surface area (Å²) < 4.78 is 1.96. The van der Waals surface area contributed by atoms with Gasteiger partial charge in [-0.3, -0.25) is 4.79 Å². The molecule has 0 bridgehead atoms. The average Bonchev–Trinajstić information content (AvgIpc) is 2.24. The van der Waals surface area contributed by atoms with Crippen molar-refractivity contribution in [1.29, 1.82) is 0 Å². The number of nitrogens with two attached hydrogens (primary N) is 1. The molecule has 0 aliphatic heterocycles. The molecule has 16 heavy (non-hydrogen) atoms. The van der Waals surface area contributed by atoms with E-state index in [9.17, 15) is 4.79 Å². The van der Waals surface area contributed by atoms with Crippen LogP contribution in [0.1, 0.15) is 20.3 Å². The van der Waals surface area contributed by atoms with Crippen LogP contribution >= 0.6 is 15.9 Å². The van der Waals surface area contributed by atoms with E-state index in [2.05, 4.69) is 26.3 Å². The molecule has 1 aromatic heterocycles. The SMILES string of the molecule is CCCn1ncc(NCC(C)N)c(Br)c1=O. The maximum absolute atomic E-state index is 11.8. The first-order chi connectivity index (χ1) is 7.56. The fraction of sp³-hybridized carbons (Fsp3) is 0.600. The van der Waals surface area contributed by atoms with E-state index in [4.69, 9.17) is 5.73 Å². The summed E-state index contributed by atoms with van der Waals surface area (Å²) in [5.41, 5.74) is 6.20. The van der Waals surface area contributed by atoms with Crippen LogP contribution in [0.4, 0.5) is 5.69 Å². The van der Waals surface area contributed by atoms with Gasteiger partial charge in [-0.05, 0) is 29.3 Å². The van der Waals surface area contributed by atoms with Crippen molar-refractivity contribution >= 4 is 21.6 Å². The smallest absolute Gasteiger partial charge is 0.283 e. The van der Waals surface area contributed by atoms with Crippen LogP contribution in [0.5, 0.6) is 0 Å². The maximum Gasteiger partial charge on any atom is 0.283 e. The molecule has 0 aliphatic carbocycles. The molecular weight excluding hydrogens is 272 g/mol. The van der Waals surface area contributed by atoms with E-state index < -0.39 is 0 Å². The lowest BCUT2D eigenvalue weighted by Crippen LogP contribution is -2.28. The average molecular weight is 289 g/mol. The van der Waals surface area contributed by atoms with Crippen molar-refractivity contribution in [3.05, 3.63) is 21.0 Å². The normalized spacial score (nSPS) is 12.5. The van der Waals surface area contributed by atoms with Crippen LogP contribution in [0.2, 0.25) is 0 Å². The third-order valence-electron chi connectivity index (χ3n) is 2.03. The van der Waals surface area contributed by atoms with Gasteiger partial charge in [0.2, 0.25) is 0 Å². The Bertz CT molecular complexity index is 402. The molecule has 1 unspecified atom stereocenters. The molecule has 0 spiro atoms. The van der Waals surface area contributed by atoms with Gasteiger partial charge in [-0.1, -0.05) is 6.92 Å². The van der Waals surface area contributed by atoms with Crippen molar-refractivity contribution in [2.45, 2.75) is 32.9 Å². The largest absolute Gasteiger partial charge is 0.381 e. The van der Waals surface area contributed by atoms with Crippen LogP contribution in [-0.2, 0) is 6.54 Å². The molecular formula is C10H17BrN4O. The van der Waals surface area contributed by atoms with Gasteiger partial charge in [-0.2, -0.15) is 5.10 Å². The molecule has 1 rings (SSSR count). The standard InChI is InChI=1S/C10H17BrN4O/c1-3-4-15-10(16)9(11)8(6-14-15)13-5-7(2)12/h6-7,13H,3-5,12H2,1-2H3. The summed E-state index contributed by atoms with van der Waals surface area (Å²) in [7, 11) is 0. The Hall–Kier alpha value is -0.880. The highest BCUT2D eigenvalue weighted by Crippen LogP contribution is 2.15. The first kappa shape index (κ1) is 13.2. The molecule has 0 saturated heterocycles. The Labute approximate surface area is 103 Å². The topological polar surface area (TPSA) is 72.9 Å². The molecule has 5 nitrogen and oxygen atoms in total. The van der Waals surface area contributed by atoms with Crippen LogP contribution < -0.4 is 16.6 Å². The highest BCUT2D eigenvalue weighted by atomic mass is 79.9. The summed E-state index contributed by atoms with van der Waals surface area (Å²) in [5.74, 6) is 0. The number of halogens is 1. The van der Waals surface area contributed by atoms with E-state index in [1.807, 2.05) is 13.8 Å². The molecule has 0 aliphatic rings. The fourth-order valence-corrected chi connectivity index (χ4v) is 1.68. The third-order valence-corrected chi connectivity index (χ3v) is 2.80. The number of nitrogens with zero attached hydrogens (tertiary/aromatic N) is 2. The second-order valence-electron chi connectivity index (χ2n) is 3.76. The van der Waals surface area contributed by atoms with E-state index in [-0.39, 0.29) is 11.6 Å². The number of hydrogen-bond acceptors (Lipinski definition) is 4. The van der Waals surface area contributed by atoms with Crippen molar-refractivity contribution in [2.24, 2.45) is 5.73 Å². The molecule has 1 atom stereocenters. The van der Waals surface area contributed by atoms with Gasteiger partial charge in [0, 0.05) is 19.1 Å². The first-order valence-electron chi connectivity index (χ1n) is 5.31. The summed E-state index contributed by atoms with van der Waals surface area (Å²) in [6.45, 7) is 5.14. The number of hydrogen-bond donors (Lipinski definition) is 2. The Balaban J connectivity index is 2.89. The van der Waals surface area contributed by atoms with Crippen molar-refractivity contribution in [3.8, 4) is 0 Å². The predicted octanol–water partition coefficient (Wildman–Crippen LogP) is 1.17. The monoisotopic (exact) mass is 288 g/mol. The Morgan fingerprint density at radius 1 is 1.69 bits per heavy atom. The zero-order valence-corrected chi connectivity index (χ0v) is 11.1. The van der Waals surface area contributed by atoms with E-state index in [0.717, 1.165) is 6.42 Å². The zero-order chi connectivity index (χ0) is 12.1. The minimum atomic E-state index is -0.114. The fourth-order valence-electron chi connectivity index (χ4n) is 1.23. The minimum Gasteiger partial charge on any atom is -0.381 e. The third kappa shape index (κ3) is 3.31. The Kier molecular flexibility index (Phi) is 4.95. The van der Waals surface area contributed by atoms with Gasteiger partial charge in [0.05, 0.1) is 11.9 Å². The van der Waals surface area contributed by atoms with Gasteiger partial charge >= 0.3 is 0 Å². The number of nitrogens with one attached hydrogen (secondary N) is 1. The van der Waals surface area contributed by atoms with Crippen molar-refractivity contribution in [1.82, 2.24) is 9.78 Å². The molecule has 0 amide bonds. The van der Waals surface area contributed by atoms with Crippen LogP contribution in [0.25, 0.3) is 0 Å². The molecule has 0 aromatic carbocycles. The van der Waals surface area contributed by atoms with Crippen molar-refractivity contribution in [2.75, 3.05) is 11.9 Å². The molecule has 1 aromatic rings. The van der Waals surface area contributed by atoms with Gasteiger partial charge in [-0.25, -0.2) is 4.68 Å². The minimum absolute atomic E-state index is 0.0324. The molecule has 6 heteroatoms. The summed E-state index contributed by atoms with van der Waals surface area (Å²) in [5, 5.41) is 7.15. The predicted molar refractivity (Wildman–Crippen MR) is 68.6 cm³/mol. The Morgan fingerprint density at radius 3 is 2.94 bits per heavy atom. The molecule has 1 heterocycles. The molecule has 3 N–H and O–H groups in total. The zero-order valence-electron chi connectivity index (χ0n) is 9.53. The summed E-state index contributed by atoms with van der Waals surface area (Å²) in [4.78, 5) is 11.8. The van der Waals surface area contributed by atoms with E-state index >= 15 is 0 Å². The number of anilines is 1. The van der Waals surface area contributed by atoms with Gasteiger partial charge < -0.3 is 11.1 Å². The number of rotatable bonds is 5. The first-order valence-corrected chi connectivity index (χ1v) is 6.10. The van der Waals surface area contributed by atoms with Gasteiger partial charge in [0.25, 0.3) is 5.56 Å². The van der Waals surface area contributed by atoms with E-state index in [0.29, 0.717) is 23.2 Å². The molecule has 0 radical (unpaired) electrons. The van der Waals surface area contributed by atoms with Gasteiger partial charge in [0.15, 0.2) is 0 Å².